The Hall–Kier alpha value is -3.99. The van der Waals surface area contributed by atoms with Gasteiger partial charge in [-0.05, 0) is 36.8 Å². The van der Waals surface area contributed by atoms with Crippen LogP contribution in [-0.4, -0.2) is 15.9 Å². The molecule has 0 aliphatic rings. The number of carbonyl (C=O) groups excluding carboxylic acids is 1. The Balaban J connectivity index is 1.38. The molecule has 148 valence electrons. The van der Waals surface area contributed by atoms with Crippen molar-refractivity contribution in [2.75, 3.05) is 10.6 Å². The standard InChI is InChI=1S/C25H22N4O/c1-18(19-8-4-2-5-9-19)28-22-12-14-23(15-13-22)29-25(30)21-16-26-24(27-17-21)20-10-6-3-7-11-20/h2-18,28H,1H3,(H,29,30). The Morgan fingerprint density at radius 1 is 0.767 bits per heavy atom. The zero-order valence-electron chi connectivity index (χ0n) is 16.6. The van der Waals surface area contributed by atoms with Crippen LogP contribution >= 0.6 is 0 Å². The third-order valence-corrected chi connectivity index (χ3v) is 4.77. The molecule has 1 amide bonds. The molecular weight excluding hydrogens is 372 g/mol. The maximum absolute atomic E-state index is 12.5. The number of carbonyl (C=O) groups is 1. The van der Waals surface area contributed by atoms with E-state index in [-0.39, 0.29) is 11.9 Å². The molecule has 4 rings (SSSR count). The van der Waals surface area contributed by atoms with Crippen molar-refractivity contribution in [2.24, 2.45) is 0 Å². The van der Waals surface area contributed by atoms with E-state index in [1.807, 2.05) is 72.8 Å². The highest BCUT2D eigenvalue weighted by Crippen LogP contribution is 2.21. The zero-order chi connectivity index (χ0) is 20.8. The van der Waals surface area contributed by atoms with E-state index in [0.29, 0.717) is 17.1 Å². The van der Waals surface area contributed by atoms with Gasteiger partial charge in [-0.1, -0.05) is 60.7 Å². The van der Waals surface area contributed by atoms with Crippen LogP contribution in [0.2, 0.25) is 0 Å². The summed E-state index contributed by atoms with van der Waals surface area (Å²) in [6, 6.07) is 27.8. The van der Waals surface area contributed by atoms with Crippen molar-refractivity contribution in [2.45, 2.75) is 13.0 Å². The van der Waals surface area contributed by atoms with Crippen LogP contribution in [-0.2, 0) is 0 Å². The van der Waals surface area contributed by atoms with Crippen molar-refractivity contribution < 1.29 is 4.79 Å². The van der Waals surface area contributed by atoms with Crippen molar-refractivity contribution in [3.63, 3.8) is 0 Å². The molecule has 2 N–H and O–H groups in total. The summed E-state index contributed by atoms with van der Waals surface area (Å²) in [4.78, 5) is 21.1. The van der Waals surface area contributed by atoms with Crippen LogP contribution in [0, 0.1) is 0 Å². The molecule has 1 heterocycles. The van der Waals surface area contributed by atoms with Gasteiger partial charge in [0.15, 0.2) is 5.82 Å². The summed E-state index contributed by atoms with van der Waals surface area (Å²) in [6.45, 7) is 2.12. The van der Waals surface area contributed by atoms with Gasteiger partial charge >= 0.3 is 0 Å². The number of aromatic nitrogens is 2. The van der Waals surface area contributed by atoms with Gasteiger partial charge in [-0.3, -0.25) is 4.79 Å². The molecule has 0 spiro atoms. The summed E-state index contributed by atoms with van der Waals surface area (Å²) in [7, 11) is 0. The van der Waals surface area contributed by atoms with Gasteiger partial charge in [-0.2, -0.15) is 0 Å². The maximum atomic E-state index is 12.5. The largest absolute Gasteiger partial charge is 0.379 e. The first-order valence-corrected chi connectivity index (χ1v) is 9.79. The van der Waals surface area contributed by atoms with Crippen molar-refractivity contribution >= 4 is 17.3 Å². The minimum atomic E-state index is -0.243. The quantitative estimate of drug-likeness (QED) is 0.449. The molecular formula is C25H22N4O. The van der Waals surface area contributed by atoms with E-state index in [2.05, 4.69) is 39.7 Å². The van der Waals surface area contributed by atoms with Crippen LogP contribution in [0.5, 0.6) is 0 Å². The minimum absolute atomic E-state index is 0.187. The number of rotatable bonds is 6. The number of hydrogen-bond acceptors (Lipinski definition) is 4. The first kappa shape index (κ1) is 19.3. The molecule has 1 aromatic heterocycles. The molecule has 0 saturated carbocycles. The normalized spacial score (nSPS) is 11.5. The van der Waals surface area contributed by atoms with Crippen molar-refractivity contribution in [3.8, 4) is 11.4 Å². The summed E-state index contributed by atoms with van der Waals surface area (Å²) in [5.74, 6) is 0.350. The highest BCUT2D eigenvalue weighted by Gasteiger charge is 2.09. The smallest absolute Gasteiger partial charge is 0.258 e. The number of nitrogens with zero attached hydrogens (tertiary/aromatic N) is 2. The first-order chi connectivity index (χ1) is 14.7. The Morgan fingerprint density at radius 3 is 1.97 bits per heavy atom. The highest BCUT2D eigenvalue weighted by molar-refractivity contribution is 6.04. The van der Waals surface area contributed by atoms with Gasteiger partial charge in [-0.15, -0.1) is 0 Å². The molecule has 5 heteroatoms. The molecule has 0 bridgehead atoms. The second-order valence-corrected chi connectivity index (χ2v) is 6.97. The maximum Gasteiger partial charge on any atom is 0.258 e. The Labute approximate surface area is 175 Å². The van der Waals surface area contributed by atoms with E-state index in [4.69, 9.17) is 0 Å². The Kier molecular flexibility index (Phi) is 5.80. The van der Waals surface area contributed by atoms with Gasteiger partial charge in [0.05, 0.1) is 5.56 Å². The van der Waals surface area contributed by atoms with Gasteiger partial charge in [0.2, 0.25) is 0 Å². The van der Waals surface area contributed by atoms with Crippen LogP contribution in [0.15, 0.2) is 97.3 Å². The van der Waals surface area contributed by atoms with Gasteiger partial charge in [-0.25, -0.2) is 9.97 Å². The van der Waals surface area contributed by atoms with Crippen LogP contribution in [0.1, 0.15) is 28.9 Å². The van der Waals surface area contributed by atoms with E-state index < -0.39 is 0 Å². The summed E-state index contributed by atoms with van der Waals surface area (Å²) in [5, 5.41) is 6.34. The Morgan fingerprint density at radius 2 is 1.33 bits per heavy atom. The van der Waals surface area contributed by atoms with Crippen LogP contribution in [0.4, 0.5) is 11.4 Å². The van der Waals surface area contributed by atoms with E-state index in [0.717, 1.165) is 11.3 Å². The predicted octanol–water partition coefficient (Wildman–Crippen LogP) is 5.57. The fourth-order valence-corrected chi connectivity index (χ4v) is 3.11. The van der Waals surface area contributed by atoms with Gasteiger partial charge in [0.1, 0.15) is 0 Å². The second kappa shape index (κ2) is 9.01. The third-order valence-electron chi connectivity index (χ3n) is 4.77. The SMILES string of the molecule is CC(Nc1ccc(NC(=O)c2cnc(-c3ccccc3)nc2)cc1)c1ccccc1. The number of anilines is 2. The minimum Gasteiger partial charge on any atom is -0.379 e. The molecule has 1 atom stereocenters. The molecule has 3 aromatic carbocycles. The molecule has 0 aliphatic carbocycles. The van der Waals surface area contributed by atoms with Gasteiger partial charge in [0.25, 0.3) is 5.91 Å². The lowest BCUT2D eigenvalue weighted by atomic mass is 10.1. The van der Waals surface area contributed by atoms with Crippen LogP contribution in [0.3, 0.4) is 0 Å². The summed E-state index contributed by atoms with van der Waals surface area (Å²) < 4.78 is 0. The monoisotopic (exact) mass is 394 g/mol. The summed E-state index contributed by atoms with van der Waals surface area (Å²) in [6.07, 6.45) is 3.09. The highest BCUT2D eigenvalue weighted by atomic mass is 16.1. The lowest BCUT2D eigenvalue weighted by molar-refractivity contribution is 0.102. The molecule has 0 saturated heterocycles. The zero-order valence-corrected chi connectivity index (χ0v) is 16.6. The molecule has 0 aliphatic heterocycles. The fourth-order valence-electron chi connectivity index (χ4n) is 3.11. The van der Waals surface area contributed by atoms with Crippen LogP contribution < -0.4 is 10.6 Å². The van der Waals surface area contributed by atoms with Gasteiger partial charge < -0.3 is 10.6 Å². The summed E-state index contributed by atoms with van der Waals surface area (Å²) >= 11 is 0. The molecule has 5 nitrogen and oxygen atoms in total. The number of benzene rings is 3. The van der Waals surface area contributed by atoms with Crippen LogP contribution in [0.25, 0.3) is 11.4 Å². The molecule has 1 unspecified atom stereocenters. The molecule has 30 heavy (non-hydrogen) atoms. The predicted molar refractivity (Wildman–Crippen MR) is 120 cm³/mol. The van der Waals surface area contributed by atoms with Gasteiger partial charge in [0, 0.05) is 35.4 Å². The molecule has 0 fully saturated rings. The molecule has 0 radical (unpaired) electrons. The van der Waals surface area contributed by atoms with Crippen molar-refractivity contribution in [1.82, 2.24) is 9.97 Å². The van der Waals surface area contributed by atoms with E-state index in [1.165, 1.54) is 5.56 Å². The Bertz CT molecular complexity index is 1100. The van der Waals surface area contributed by atoms with Crippen molar-refractivity contribution in [3.05, 3.63) is 108 Å². The average Bonchev–Trinajstić information content (AvgIpc) is 2.81. The number of amides is 1. The van der Waals surface area contributed by atoms with E-state index >= 15 is 0 Å². The second-order valence-electron chi connectivity index (χ2n) is 6.97. The summed E-state index contributed by atoms with van der Waals surface area (Å²) in [5.41, 5.74) is 4.24. The lowest BCUT2D eigenvalue weighted by Gasteiger charge is -2.16. The van der Waals surface area contributed by atoms with E-state index in [1.54, 1.807) is 12.4 Å². The first-order valence-electron chi connectivity index (χ1n) is 9.79. The molecule has 4 aromatic rings. The van der Waals surface area contributed by atoms with E-state index in [9.17, 15) is 4.79 Å². The van der Waals surface area contributed by atoms with Crippen molar-refractivity contribution in [1.29, 1.82) is 0 Å². The third kappa shape index (κ3) is 4.70. The average molecular weight is 394 g/mol. The number of nitrogens with one attached hydrogen (secondary N) is 2. The fraction of sp³-hybridized carbons (Fsp3) is 0.0800. The number of hydrogen-bond donors (Lipinski definition) is 2. The topological polar surface area (TPSA) is 66.9 Å². The lowest BCUT2D eigenvalue weighted by Crippen LogP contribution is -2.13.